The topological polar surface area (TPSA) is 49.3 Å². The summed E-state index contributed by atoms with van der Waals surface area (Å²) < 4.78 is 0. The van der Waals surface area contributed by atoms with E-state index in [0.29, 0.717) is 5.69 Å². The minimum Gasteiger partial charge on any atom is -0.478 e. The number of unbranched alkanes of at least 4 members (excludes halogenated alkanes) is 5. The summed E-state index contributed by atoms with van der Waals surface area (Å²) in [5, 5.41) is 12.5. The van der Waals surface area contributed by atoms with Crippen molar-refractivity contribution in [2.45, 2.75) is 64.7 Å². The van der Waals surface area contributed by atoms with Gasteiger partial charge >= 0.3 is 5.97 Å². The van der Waals surface area contributed by atoms with Crippen molar-refractivity contribution in [2.24, 2.45) is 0 Å². The molecule has 0 saturated heterocycles. The summed E-state index contributed by atoms with van der Waals surface area (Å²) >= 11 is 0. The highest BCUT2D eigenvalue weighted by atomic mass is 16.4. The predicted octanol–water partition coefficient (Wildman–Crippen LogP) is 7.82. The minimum absolute atomic E-state index is 0.275. The van der Waals surface area contributed by atoms with Gasteiger partial charge < -0.3 is 10.4 Å². The SMILES string of the molecule is CCCCCCCCc1ccc(CCc2ccc(Nc3ccccc3C(=O)O)cc2)cc1. The first-order valence-electron chi connectivity index (χ1n) is 11.9. The van der Waals surface area contributed by atoms with Gasteiger partial charge in [0, 0.05) is 5.69 Å². The Morgan fingerprint density at radius 3 is 1.84 bits per heavy atom. The number of nitrogens with one attached hydrogen (secondary N) is 1. The van der Waals surface area contributed by atoms with Crippen molar-refractivity contribution < 1.29 is 9.90 Å². The number of rotatable bonds is 13. The highest BCUT2D eigenvalue weighted by molar-refractivity contribution is 5.95. The number of aromatic carboxylic acids is 1. The molecular weight excluding hydrogens is 394 g/mol. The number of anilines is 2. The van der Waals surface area contributed by atoms with Crippen LogP contribution in [0.25, 0.3) is 0 Å². The molecule has 0 aliphatic carbocycles. The van der Waals surface area contributed by atoms with Crippen molar-refractivity contribution in [1.29, 1.82) is 0 Å². The van der Waals surface area contributed by atoms with Gasteiger partial charge in [0.05, 0.1) is 11.3 Å². The number of hydrogen-bond donors (Lipinski definition) is 2. The molecule has 0 amide bonds. The third-order valence-electron chi connectivity index (χ3n) is 5.93. The Morgan fingerprint density at radius 1 is 0.688 bits per heavy atom. The average Bonchev–Trinajstić information content (AvgIpc) is 2.82. The maximum absolute atomic E-state index is 11.4. The Hall–Kier alpha value is -3.07. The zero-order valence-electron chi connectivity index (χ0n) is 19.1. The molecule has 0 atom stereocenters. The van der Waals surface area contributed by atoms with Crippen molar-refractivity contribution in [2.75, 3.05) is 5.32 Å². The van der Waals surface area contributed by atoms with Crippen LogP contribution in [0, 0.1) is 0 Å². The lowest BCUT2D eigenvalue weighted by Crippen LogP contribution is -2.02. The molecule has 3 aromatic carbocycles. The van der Waals surface area contributed by atoms with E-state index in [2.05, 4.69) is 48.6 Å². The second-order valence-corrected chi connectivity index (χ2v) is 8.51. The summed E-state index contributed by atoms with van der Waals surface area (Å²) in [7, 11) is 0. The third-order valence-corrected chi connectivity index (χ3v) is 5.93. The van der Waals surface area contributed by atoms with Gasteiger partial charge in [-0.3, -0.25) is 0 Å². The molecule has 0 radical (unpaired) electrons. The summed E-state index contributed by atoms with van der Waals surface area (Å²) in [5.41, 5.74) is 5.86. The maximum Gasteiger partial charge on any atom is 0.337 e. The second kappa shape index (κ2) is 12.7. The summed E-state index contributed by atoms with van der Waals surface area (Å²) in [6.07, 6.45) is 11.3. The molecule has 3 rings (SSSR count). The molecule has 0 spiro atoms. The van der Waals surface area contributed by atoms with E-state index < -0.39 is 5.97 Å². The summed E-state index contributed by atoms with van der Waals surface area (Å²) in [5.74, 6) is -0.928. The fourth-order valence-electron chi connectivity index (χ4n) is 3.96. The van der Waals surface area contributed by atoms with Crippen LogP contribution in [0.2, 0.25) is 0 Å². The van der Waals surface area contributed by atoms with Gasteiger partial charge in [0.1, 0.15) is 0 Å². The first-order chi connectivity index (χ1) is 15.7. The molecule has 0 aliphatic heterocycles. The number of carbonyl (C=O) groups is 1. The van der Waals surface area contributed by atoms with Gasteiger partial charge in [0.15, 0.2) is 0 Å². The summed E-state index contributed by atoms with van der Waals surface area (Å²) in [6.45, 7) is 2.26. The van der Waals surface area contributed by atoms with Crippen molar-refractivity contribution in [1.82, 2.24) is 0 Å². The molecule has 0 fully saturated rings. The van der Waals surface area contributed by atoms with Gasteiger partial charge in [-0.15, -0.1) is 0 Å². The lowest BCUT2D eigenvalue weighted by Gasteiger charge is -2.10. The molecule has 168 valence electrons. The standard InChI is InChI=1S/C29H35NO2/c1-2-3-4-5-6-7-10-23-13-15-24(16-14-23)17-18-25-19-21-26(22-20-25)30-28-12-9-8-11-27(28)29(31)32/h8-9,11-16,19-22,30H,2-7,10,17-18H2,1H3,(H,31,32). The van der Waals surface area contributed by atoms with Gasteiger partial charge in [-0.25, -0.2) is 4.79 Å². The Morgan fingerprint density at radius 2 is 1.22 bits per heavy atom. The van der Waals surface area contributed by atoms with Crippen LogP contribution in [0.3, 0.4) is 0 Å². The first kappa shape index (κ1) is 23.6. The summed E-state index contributed by atoms with van der Waals surface area (Å²) in [4.78, 5) is 11.4. The molecule has 32 heavy (non-hydrogen) atoms. The van der Waals surface area contributed by atoms with Gasteiger partial charge in [-0.2, -0.15) is 0 Å². The number of para-hydroxylation sites is 1. The molecule has 3 heteroatoms. The maximum atomic E-state index is 11.4. The van der Waals surface area contributed by atoms with Crippen LogP contribution in [0.1, 0.15) is 72.5 Å². The van der Waals surface area contributed by atoms with E-state index in [1.807, 2.05) is 18.2 Å². The zero-order chi connectivity index (χ0) is 22.6. The van der Waals surface area contributed by atoms with Crippen LogP contribution in [0.15, 0.2) is 72.8 Å². The third kappa shape index (κ3) is 7.56. The molecular formula is C29H35NO2. The first-order valence-corrected chi connectivity index (χ1v) is 11.9. The fourth-order valence-corrected chi connectivity index (χ4v) is 3.96. The van der Waals surface area contributed by atoms with E-state index >= 15 is 0 Å². The van der Waals surface area contributed by atoms with Gasteiger partial charge in [0.25, 0.3) is 0 Å². The Labute approximate surface area is 192 Å². The molecule has 3 aromatic rings. The van der Waals surface area contributed by atoms with Crippen molar-refractivity contribution in [3.63, 3.8) is 0 Å². The van der Waals surface area contributed by atoms with Crippen LogP contribution in [0.5, 0.6) is 0 Å². The fraction of sp³-hybridized carbons (Fsp3) is 0.345. The molecule has 3 nitrogen and oxygen atoms in total. The van der Waals surface area contributed by atoms with Crippen LogP contribution in [-0.4, -0.2) is 11.1 Å². The average molecular weight is 430 g/mol. The van der Waals surface area contributed by atoms with E-state index in [-0.39, 0.29) is 5.56 Å². The van der Waals surface area contributed by atoms with Gasteiger partial charge in [-0.05, 0) is 66.6 Å². The lowest BCUT2D eigenvalue weighted by atomic mass is 10.0. The van der Waals surface area contributed by atoms with Crippen molar-refractivity contribution in [3.8, 4) is 0 Å². The van der Waals surface area contributed by atoms with Gasteiger partial charge in [-0.1, -0.05) is 87.6 Å². The minimum atomic E-state index is -0.928. The molecule has 0 unspecified atom stereocenters. The smallest absolute Gasteiger partial charge is 0.337 e. The van der Waals surface area contributed by atoms with Crippen molar-refractivity contribution in [3.05, 3.63) is 95.1 Å². The number of aryl methyl sites for hydroxylation is 3. The summed E-state index contributed by atoms with van der Waals surface area (Å²) in [6, 6.07) is 24.3. The van der Waals surface area contributed by atoms with Crippen LogP contribution in [-0.2, 0) is 19.3 Å². The van der Waals surface area contributed by atoms with E-state index in [9.17, 15) is 9.90 Å². The van der Waals surface area contributed by atoms with Gasteiger partial charge in [0.2, 0.25) is 0 Å². The second-order valence-electron chi connectivity index (χ2n) is 8.51. The molecule has 2 N–H and O–H groups in total. The largest absolute Gasteiger partial charge is 0.478 e. The number of carboxylic acids is 1. The Kier molecular flexibility index (Phi) is 9.37. The highest BCUT2D eigenvalue weighted by Crippen LogP contribution is 2.22. The normalized spacial score (nSPS) is 10.8. The highest BCUT2D eigenvalue weighted by Gasteiger charge is 2.09. The van der Waals surface area contributed by atoms with E-state index in [1.165, 1.54) is 61.6 Å². The molecule has 0 saturated carbocycles. The van der Waals surface area contributed by atoms with Crippen LogP contribution >= 0.6 is 0 Å². The Bertz CT molecular complexity index is 961. The Balaban J connectivity index is 1.45. The van der Waals surface area contributed by atoms with E-state index in [4.69, 9.17) is 0 Å². The molecule has 0 aromatic heterocycles. The predicted molar refractivity (Wildman–Crippen MR) is 134 cm³/mol. The molecule has 0 bridgehead atoms. The quantitative estimate of drug-likeness (QED) is 0.272. The monoisotopic (exact) mass is 429 g/mol. The zero-order valence-corrected chi connectivity index (χ0v) is 19.1. The van der Waals surface area contributed by atoms with Crippen LogP contribution < -0.4 is 5.32 Å². The molecule has 0 aliphatic rings. The van der Waals surface area contributed by atoms with E-state index in [1.54, 1.807) is 18.2 Å². The van der Waals surface area contributed by atoms with Crippen molar-refractivity contribution >= 4 is 17.3 Å². The lowest BCUT2D eigenvalue weighted by molar-refractivity contribution is 0.0698. The van der Waals surface area contributed by atoms with E-state index in [0.717, 1.165) is 18.5 Å². The molecule has 0 heterocycles. The van der Waals surface area contributed by atoms with Crippen LogP contribution in [0.4, 0.5) is 11.4 Å². The number of benzene rings is 3. The number of hydrogen-bond acceptors (Lipinski definition) is 2. The number of carboxylic acid groups (broad SMARTS) is 1.